The van der Waals surface area contributed by atoms with Gasteiger partial charge in [-0.1, -0.05) is 54.6 Å². The number of benzene rings is 4. The van der Waals surface area contributed by atoms with E-state index >= 15 is 0 Å². The van der Waals surface area contributed by atoms with Gasteiger partial charge in [0.15, 0.2) is 0 Å². The molecule has 0 atom stereocenters. The van der Waals surface area contributed by atoms with Gasteiger partial charge in [-0.2, -0.15) is 0 Å². The van der Waals surface area contributed by atoms with Crippen molar-refractivity contribution < 1.29 is 19.2 Å². The largest absolute Gasteiger partial charge is 0.322 e. The average molecular weight is 631 g/mol. The molecule has 0 saturated carbocycles. The lowest BCUT2D eigenvalue weighted by atomic mass is 9.95. The number of fused-ring (bicyclic) bond motifs is 1. The first-order valence-corrected chi connectivity index (χ1v) is 15.8. The number of para-hydroxylation sites is 2. The van der Waals surface area contributed by atoms with Gasteiger partial charge in [-0.05, 0) is 73.1 Å². The predicted molar refractivity (Wildman–Crippen MR) is 183 cm³/mol. The Morgan fingerprint density at radius 2 is 1.36 bits per heavy atom. The molecule has 6 rings (SSSR count). The minimum atomic E-state index is -0.281. The van der Waals surface area contributed by atoms with Crippen molar-refractivity contribution >= 4 is 40.7 Å². The molecule has 0 aliphatic carbocycles. The fraction of sp³-hybridized carbons (Fsp3) is 0.243. The highest BCUT2D eigenvalue weighted by Crippen LogP contribution is 2.34. The van der Waals surface area contributed by atoms with Gasteiger partial charge in [0.1, 0.15) is 6.54 Å². The van der Waals surface area contributed by atoms with Crippen LogP contribution < -0.4 is 20.5 Å². The van der Waals surface area contributed by atoms with Gasteiger partial charge in [-0.3, -0.25) is 24.6 Å². The van der Waals surface area contributed by atoms with E-state index < -0.39 is 0 Å². The molecular formula is C37H38N6O4. The topological polar surface area (TPSA) is 105 Å². The number of rotatable bonds is 7. The van der Waals surface area contributed by atoms with Gasteiger partial charge in [0.05, 0.1) is 11.4 Å². The third kappa shape index (κ3) is 7.09. The quantitative estimate of drug-likeness (QED) is 0.310. The van der Waals surface area contributed by atoms with E-state index in [2.05, 4.69) is 15.6 Å². The number of nitrogens with zero attached hydrogens (tertiary/aromatic N) is 4. The van der Waals surface area contributed by atoms with Crippen molar-refractivity contribution in [3.05, 3.63) is 114 Å². The Morgan fingerprint density at radius 3 is 2.09 bits per heavy atom. The SMILES string of the molecule is Cc1ccccc1-c1ccccc1C(=O)Nc1ccc(C(=O)N2CCC(=O)N(CC(=O)NN3CCN(C)CC3)c3ccccc32)cc1. The third-order valence-electron chi connectivity index (χ3n) is 8.64. The van der Waals surface area contributed by atoms with Crippen LogP contribution in [0.1, 0.15) is 32.7 Å². The van der Waals surface area contributed by atoms with Crippen LogP contribution in [-0.4, -0.2) is 79.9 Å². The summed E-state index contributed by atoms with van der Waals surface area (Å²) in [5.74, 6) is -1.04. The number of carbonyl (C=O) groups is 4. The monoisotopic (exact) mass is 630 g/mol. The lowest BCUT2D eigenvalue weighted by Gasteiger charge is -2.33. The number of anilines is 3. The summed E-state index contributed by atoms with van der Waals surface area (Å²) in [6.07, 6.45) is 0.0661. The summed E-state index contributed by atoms with van der Waals surface area (Å²) in [5.41, 5.74) is 8.41. The Labute approximate surface area is 274 Å². The second-order valence-electron chi connectivity index (χ2n) is 11.9. The number of hydrogen-bond donors (Lipinski definition) is 2. The van der Waals surface area contributed by atoms with Crippen molar-refractivity contribution in [3.63, 3.8) is 0 Å². The number of aryl methyl sites for hydroxylation is 1. The Balaban J connectivity index is 1.16. The first-order chi connectivity index (χ1) is 22.8. The summed E-state index contributed by atoms with van der Waals surface area (Å²) < 4.78 is 0. The van der Waals surface area contributed by atoms with Crippen molar-refractivity contribution in [3.8, 4) is 11.1 Å². The first kappa shape index (κ1) is 31.7. The van der Waals surface area contributed by atoms with Crippen LogP contribution in [0.4, 0.5) is 17.1 Å². The van der Waals surface area contributed by atoms with Gasteiger partial charge in [0.25, 0.3) is 17.7 Å². The number of carbonyl (C=O) groups excluding carboxylic acids is 4. The number of nitrogens with one attached hydrogen (secondary N) is 2. The number of piperazine rings is 1. The Kier molecular flexibility index (Phi) is 9.42. The van der Waals surface area contributed by atoms with Crippen LogP contribution in [0.15, 0.2) is 97.1 Å². The zero-order chi connectivity index (χ0) is 32.9. The Bertz CT molecular complexity index is 1800. The van der Waals surface area contributed by atoms with Crippen LogP contribution in [0.5, 0.6) is 0 Å². The highest BCUT2D eigenvalue weighted by atomic mass is 16.2. The molecule has 4 amide bonds. The maximum atomic E-state index is 13.8. The van der Waals surface area contributed by atoms with Crippen molar-refractivity contribution in [2.75, 3.05) is 61.4 Å². The molecule has 2 heterocycles. The van der Waals surface area contributed by atoms with E-state index in [-0.39, 0.29) is 43.1 Å². The molecule has 1 fully saturated rings. The van der Waals surface area contributed by atoms with Crippen molar-refractivity contribution in [2.45, 2.75) is 13.3 Å². The first-order valence-electron chi connectivity index (χ1n) is 15.8. The molecule has 2 N–H and O–H groups in total. The zero-order valence-corrected chi connectivity index (χ0v) is 26.6. The molecule has 0 unspecified atom stereocenters. The normalized spacial score (nSPS) is 15.5. The second-order valence-corrected chi connectivity index (χ2v) is 11.9. The minimum absolute atomic E-state index is 0.0661. The summed E-state index contributed by atoms with van der Waals surface area (Å²) in [7, 11) is 2.04. The summed E-state index contributed by atoms with van der Waals surface area (Å²) >= 11 is 0. The second kappa shape index (κ2) is 14.0. The van der Waals surface area contributed by atoms with Gasteiger partial charge in [-0.15, -0.1) is 0 Å². The van der Waals surface area contributed by atoms with Gasteiger partial charge < -0.3 is 20.0 Å². The van der Waals surface area contributed by atoms with Crippen LogP contribution in [-0.2, 0) is 9.59 Å². The maximum absolute atomic E-state index is 13.8. The zero-order valence-electron chi connectivity index (χ0n) is 26.6. The Hall–Kier alpha value is -5.32. The van der Waals surface area contributed by atoms with Crippen LogP contribution >= 0.6 is 0 Å². The number of amides is 4. The van der Waals surface area contributed by atoms with E-state index in [0.29, 0.717) is 41.3 Å². The third-order valence-corrected chi connectivity index (χ3v) is 8.64. The minimum Gasteiger partial charge on any atom is -0.322 e. The fourth-order valence-corrected chi connectivity index (χ4v) is 6.02. The fourth-order valence-electron chi connectivity index (χ4n) is 6.02. The van der Waals surface area contributed by atoms with E-state index in [4.69, 9.17) is 0 Å². The summed E-state index contributed by atoms with van der Waals surface area (Å²) in [6, 6.07) is 29.3. The van der Waals surface area contributed by atoms with Gasteiger partial charge in [0, 0.05) is 56.0 Å². The summed E-state index contributed by atoms with van der Waals surface area (Å²) in [4.78, 5) is 58.7. The van der Waals surface area contributed by atoms with Crippen LogP contribution in [0, 0.1) is 6.92 Å². The molecule has 4 aromatic rings. The highest BCUT2D eigenvalue weighted by molar-refractivity contribution is 6.13. The molecule has 47 heavy (non-hydrogen) atoms. The van der Waals surface area contributed by atoms with Crippen molar-refractivity contribution in [1.29, 1.82) is 0 Å². The molecule has 10 nitrogen and oxygen atoms in total. The van der Waals surface area contributed by atoms with E-state index in [1.165, 1.54) is 4.90 Å². The van der Waals surface area contributed by atoms with Crippen molar-refractivity contribution in [1.82, 2.24) is 15.3 Å². The molecule has 10 heteroatoms. The maximum Gasteiger partial charge on any atom is 0.258 e. The van der Waals surface area contributed by atoms with Gasteiger partial charge >= 0.3 is 0 Å². The highest BCUT2D eigenvalue weighted by Gasteiger charge is 2.31. The molecule has 0 spiro atoms. The molecule has 0 radical (unpaired) electrons. The lowest BCUT2D eigenvalue weighted by Crippen LogP contribution is -2.54. The Morgan fingerprint density at radius 1 is 0.723 bits per heavy atom. The lowest BCUT2D eigenvalue weighted by molar-refractivity contribution is -0.127. The molecular weight excluding hydrogens is 592 g/mol. The van der Waals surface area contributed by atoms with Crippen molar-refractivity contribution in [2.24, 2.45) is 0 Å². The van der Waals surface area contributed by atoms with E-state index in [9.17, 15) is 19.2 Å². The smallest absolute Gasteiger partial charge is 0.258 e. The van der Waals surface area contributed by atoms with E-state index in [0.717, 1.165) is 29.8 Å². The number of hydrogen-bond acceptors (Lipinski definition) is 6. The predicted octanol–water partition coefficient (Wildman–Crippen LogP) is 4.58. The molecule has 240 valence electrons. The molecule has 4 aromatic carbocycles. The van der Waals surface area contributed by atoms with Crippen LogP contribution in [0.3, 0.4) is 0 Å². The van der Waals surface area contributed by atoms with Gasteiger partial charge in [-0.25, -0.2) is 5.01 Å². The number of likely N-dealkylation sites (N-methyl/N-ethyl adjacent to an activating group) is 1. The molecule has 0 bridgehead atoms. The van der Waals surface area contributed by atoms with E-state index in [1.807, 2.05) is 67.5 Å². The molecule has 2 aliphatic rings. The average Bonchev–Trinajstić information content (AvgIpc) is 3.22. The van der Waals surface area contributed by atoms with Gasteiger partial charge in [0.2, 0.25) is 5.91 Å². The van der Waals surface area contributed by atoms with Crippen LogP contribution in [0.2, 0.25) is 0 Å². The molecule has 0 aromatic heterocycles. The van der Waals surface area contributed by atoms with E-state index in [1.54, 1.807) is 53.4 Å². The van der Waals surface area contributed by atoms with Crippen LogP contribution in [0.25, 0.3) is 11.1 Å². The molecule has 1 saturated heterocycles. The summed E-state index contributed by atoms with van der Waals surface area (Å²) in [5, 5.41) is 4.84. The number of hydrazine groups is 1. The standard InChI is InChI=1S/C37H38N6O4/c1-26-9-3-4-10-29(26)30-11-5-6-12-31(30)36(46)38-28-17-15-27(16-18-28)37(47)42-20-19-35(45)43(33-14-8-7-13-32(33)42)25-34(44)39-41-23-21-40(2)22-24-41/h3-18H,19-25H2,1-2H3,(H,38,46)(H,39,44). The molecule has 2 aliphatic heterocycles. The summed E-state index contributed by atoms with van der Waals surface area (Å²) in [6.45, 7) is 5.14.